The highest BCUT2D eigenvalue weighted by Gasteiger charge is 2.31. The van der Waals surface area contributed by atoms with Crippen molar-refractivity contribution >= 4 is 23.4 Å². The van der Waals surface area contributed by atoms with Crippen molar-refractivity contribution in [3.8, 4) is 11.4 Å². The number of hydrogen-bond donors (Lipinski definition) is 3. The van der Waals surface area contributed by atoms with Crippen molar-refractivity contribution in [2.24, 2.45) is 0 Å². The van der Waals surface area contributed by atoms with Crippen LogP contribution in [0.3, 0.4) is 0 Å². The van der Waals surface area contributed by atoms with E-state index in [1.165, 1.54) is 0 Å². The van der Waals surface area contributed by atoms with Crippen molar-refractivity contribution in [1.29, 1.82) is 0 Å². The first-order chi connectivity index (χ1) is 16.9. The van der Waals surface area contributed by atoms with E-state index in [1.807, 2.05) is 31.2 Å². The third-order valence-corrected chi connectivity index (χ3v) is 6.40. The van der Waals surface area contributed by atoms with Gasteiger partial charge in [-0.1, -0.05) is 6.92 Å². The number of morpholine rings is 1. The van der Waals surface area contributed by atoms with E-state index in [-0.39, 0.29) is 18.0 Å². The van der Waals surface area contributed by atoms with Gasteiger partial charge in [0.15, 0.2) is 5.82 Å². The fraction of sp³-hybridized carbons (Fsp3) is 0.520. The highest BCUT2D eigenvalue weighted by molar-refractivity contribution is 5.89. The fourth-order valence-corrected chi connectivity index (χ4v) is 4.43. The summed E-state index contributed by atoms with van der Waals surface area (Å²) < 4.78 is 5.64. The van der Waals surface area contributed by atoms with Crippen LogP contribution in [-0.4, -0.2) is 76.9 Å². The molecule has 2 aliphatic heterocycles. The summed E-state index contributed by atoms with van der Waals surface area (Å²) in [6.45, 7) is 9.17. The number of aliphatic hydroxyl groups is 1. The molecule has 1 fully saturated rings. The number of hydrogen-bond acceptors (Lipinski definition) is 7. The second-order valence-electron chi connectivity index (χ2n) is 8.91. The molecule has 3 heterocycles. The van der Waals surface area contributed by atoms with Gasteiger partial charge in [-0.25, -0.2) is 14.8 Å². The summed E-state index contributed by atoms with van der Waals surface area (Å²) in [6, 6.07) is 7.30. The van der Waals surface area contributed by atoms with Crippen molar-refractivity contribution in [2.45, 2.75) is 52.3 Å². The van der Waals surface area contributed by atoms with Gasteiger partial charge >= 0.3 is 6.03 Å². The SMILES string of the molecule is CCNC(=O)Nc1ccc(-c2nc3c(c(N4CCOC[C@@H]4C)n2)CCN(C(=O)[C@H](O)CC)C3)cc1. The lowest BCUT2D eigenvalue weighted by atomic mass is 10.0. The first kappa shape index (κ1) is 24.9. The molecule has 1 aromatic heterocycles. The summed E-state index contributed by atoms with van der Waals surface area (Å²) in [7, 11) is 0. The number of aromatic nitrogens is 2. The molecule has 4 rings (SSSR count). The average molecular weight is 483 g/mol. The molecule has 0 radical (unpaired) electrons. The molecule has 1 aromatic carbocycles. The lowest BCUT2D eigenvalue weighted by molar-refractivity contribution is -0.141. The van der Waals surface area contributed by atoms with Crippen LogP contribution < -0.4 is 15.5 Å². The molecule has 3 N–H and O–H groups in total. The van der Waals surface area contributed by atoms with E-state index in [0.717, 1.165) is 29.2 Å². The van der Waals surface area contributed by atoms with Gasteiger partial charge in [-0.3, -0.25) is 4.79 Å². The van der Waals surface area contributed by atoms with Gasteiger partial charge in [-0.2, -0.15) is 0 Å². The van der Waals surface area contributed by atoms with Crippen LogP contribution >= 0.6 is 0 Å². The molecule has 2 aliphatic rings. The molecule has 188 valence electrons. The third kappa shape index (κ3) is 5.54. The number of aliphatic hydroxyl groups excluding tert-OH is 1. The second kappa shape index (κ2) is 11.0. The topological polar surface area (TPSA) is 120 Å². The van der Waals surface area contributed by atoms with Gasteiger partial charge in [-0.15, -0.1) is 0 Å². The number of rotatable bonds is 6. The highest BCUT2D eigenvalue weighted by Crippen LogP contribution is 2.32. The van der Waals surface area contributed by atoms with Gasteiger partial charge in [-0.05, 0) is 51.0 Å². The van der Waals surface area contributed by atoms with Crippen molar-refractivity contribution in [2.75, 3.05) is 43.1 Å². The van der Waals surface area contributed by atoms with E-state index in [4.69, 9.17) is 14.7 Å². The van der Waals surface area contributed by atoms with Crippen molar-refractivity contribution in [1.82, 2.24) is 20.2 Å². The Kier molecular flexibility index (Phi) is 7.82. The summed E-state index contributed by atoms with van der Waals surface area (Å²) in [5.41, 5.74) is 3.33. The number of carbonyl (C=O) groups excluding carboxylic acids is 2. The Morgan fingerprint density at radius 1 is 1.20 bits per heavy atom. The quantitative estimate of drug-likeness (QED) is 0.577. The van der Waals surface area contributed by atoms with Crippen LogP contribution in [0, 0.1) is 0 Å². The van der Waals surface area contributed by atoms with E-state index in [0.29, 0.717) is 57.2 Å². The van der Waals surface area contributed by atoms with Gasteiger partial charge in [0.1, 0.15) is 11.9 Å². The molecule has 2 aromatic rings. The number of fused-ring (bicyclic) bond motifs is 1. The lowest BCUT2D eigenvalue weighted by Gasteiger charge is -2.38. The van der Waals surface area contributed by atoms with Crippen molar-refractivity contribution in [3.05, 3.63) is 35.5 Å². The first-order valence-electron chi connectivity index (χ1n) is 12.3. The predicted molar refractivity (Wildman–Crippen MR) is 133 cm³/mol. The minimum Gasteiger partial charge on any atom is -0.383 e. The molecule has 1 saturated heterocycles. The van der Waals surface area contributed by atoms with Gasteiger partial charge in [0.2, 0.25) is 0 Å². The Morgan fingerprint density at radius 3 is 2.66 bits per heavy atom. The number of ether oxygens (including phenoxy) is 1. The summed E-state index contributed by atoms with van der Waals surface area (Å²) in [6.07, 6.45) is 0.0124. The van der Waals surface area contributed by atoms with Crippen LogP contribution in [0.5, 0.6) is 0 Å². The van der Waals surface area contributed by atoms with E-state index >= 15 is 0 Å². The van der Waals surface area contributed by atoms with Crippen LogP contribution in [0.1, 0.15) is 38.4 Å². The molecule has 35 heavy (non-hydrogen) atoms. The van der Waals surface area contributed by atoms with Gasteiger partial charge in [0.25, 0.3) is 5.91 Å². The van der Waals surface area contributed by atoms with Crippen LogP contribution in [0.25, 0.3) is 11.4 Å². The Hall–Kier alpha value is -3.24. The Labute approximate surface area is 205 Å². The minimum atomic E-state index is -0.999. The summed E-state index contributed by atoms with van der Waals surface area (Å²) in [4.78, 5) is 38.3. The first-order valence-corrected chi connectivity index (χ1v) is 12.3. The third-order valence-electron chi connectivity index (χ3n) is 6.40. The molecule has 2 atom stereocenters. The van der Waals surface area contributed by atoms with Gasteiger partial charge in [0.05, 0.1) is 31.5 Å². The van der Waals surface area contributed by atoms with E-state index in [1.54, 1.807) is 11.8 Å². The number of anilines is 2. The lowest BCUT2D eigenvalue weighted by Crippen LogP contribution is -2.46. The number of benzene rings is 1. The number of amides is 3. The second-order valence-corrected chi connectivity index (χ2v) is 8.91. The highest BCUT2D eigenvalue weighted by atomic mass is 16.5. The molecular formula is C25H34N6O4. The van der Waals surface area contributed by atoms with Crippen LogP contribution in [0.4, 0.5) is 16.3 Å². The predicted octanol–water partition coefficient (Wildman–Crippen LogP) is 2.17. The van der Waals surface area contributed by atoms with Gasteiger partial charge in [0, 0.05) is 36.4 Å². The van der Waals surface area contributed by atoms with E-state index in [9.17, 15) is 14.7 Å². The maximum Gasteiger partial charge on any atom is 0.319 e. The van der Waals surface area contributed by atoms with Crippen molar-refractivity contribution in [3.63, 3.8) is 0 Å². The molecule has 0 unspecified atom stereocenters. The zero-order valence-corrected chi connectivity index (χ0v) is 20.6. The summed E-state index contributed by atoms with van der Waals surface area (Å²) in [5, 5.41) is 15.6. The minimum absolute atomic E-state index is 0.167. The molecular weight excluding hydrogens is 448 g/mol. The Balaban J connectivity index is 1.68. The smallest absolute Gasteiger partial charge is 0.319 e. The zero-order valence-electron chi connectivity index (χ0n) is 20.6. The fourth-order valence-electron chi connectivity index (χ4n) is 4.43. The number of urea groups is 1. The average Bonchev–Trinajstić information content (AvgIpc) is 2.87. The molecule has 10 heteroatoms. The largest absolute Gasteiger partial charge is 0.383 e. The molecule has 3 amide bonds. The van der Waals surface area contributed by atoms with E-state index < -0.39 is 6.10 Å². The summed E-state index contributed by atoms with van der Waals surface area (Å²) in [5.74, 6) is 1.18. The van der Waals surface area contributed by atoms with Crippen LogP contribution in [0.15, 0.2) is 24.3 Å². The van der Waals surface area contributed by atoms with Gasteiger partial charge < -0.3 is 30.3 Å². The number of nitrogens with one attached hydrogen (secondary N) is 2. The molecule has 0 bridgehead atoms. The van der Waals surface area contributed by atoms with Crippen LogP contribution in [0.2, 0.25) is 0 Å². The zero-order chi connectivity index (χ0) is 24.9. The molecule has 10 nitrogen and oxygen atoms in total. The normalized spacial score (nSPS) is 18.6. The number of nitrogens with zero attached hydrogens (tertiary/aromatic N) is 4. The van der Waals surface area contributed by atoms with Crippen molar-refractivity contribution < 1.29 is 19.4 Å². The standard InChI is InChI=1S/C25H34N6O4/c1-4-21(32)24(33)30-11-10-19-20(14-30)28-22(29-23(19)31-12-13-35-15-16(31)3)17-6-8-18(9-7-17)27-25(34)26-5-2/h6-9,16,21,32H,4-5,10-15H2,1-3H3,(H2,26,27,34)/t16-,21+/m0/s1. The molecule has 0 aliphatic carbocycles. The maximum atomic E-state index is 12.7. The maximum absolute atomic E-state index is 12.7. The molecule has 0 spiro atoms. The number of carbonyl (C=O) groups is 2. The Morgan fingerprint density at radius 2 is 1.97 bits per heavy atom. The Bertz CT molecular complexity index is 1060. The summed E-state index contributed by atoms with van der Waals surface area (Å²) >= 11 is 0. The van der Waals surface area contributed by atoms with Crippen LogP contribution in [-0.2, 0) is 22.5 Å². The molecule has 0 saturated carbocycles. The monoisotopic (exact) mass is 482 g/mol. The van der Waals surface area contributed by atoms with E-state index in [2.05, 4.69) is 22.5 Å².